The standard InChI is InChI=1S/C23H26Cl4N2O2S/c1-4-14(2)28-23(31)15(3)29(11-17-6-7-18(24)10-20(17)26)22(30)13-32-12-16-5-8-19(25)21(27)9-16/h5-10,14-15H,4,11-13H2,1-3H3,(H,28,31). The molecule has 1 N–H and O–H groups in total. The first-order chi connectivity index (χ1) is 15.1. The third-order valence-corrected chi connectivity index (χ3v) is 7.32. The lowest BCUT2D eigenvalue weighted by Crippen LogP contribution is -2.50. The Balaban J connectivity index is 2.13. The summed E-state index contributed by atoms with van der Waals surface area (Å²) in [5, 5.41) is 4.88. The molecule has 0 aliphatic carbocycles. The third-order valence-electron chi connectivity index (χ3n) is 5.00. The largest absolute Gasteiger partial charge is 0.352 e. The van der Waals surface area contributed by atoms with Gasteiger partial charge in [-0.1, -0.05) is 65.5 Å². The van der Waals surface area contributed by atoms with Crippen LogP contribution in [0.25, 0.3) is 0 Å². The number of carbonyl (C=O) groups is 2. The minimum absolute atomic E-state index is 0.0186. The predicted molar refractivity (Wildman–Crippen MR) is 137 cm³/mol. The molecule has 0 fully saturated rings. The van der Waals surface area contributed by atoms with E-state index in [9.17, 15) is 9.59 Å². The van der Waals surface area contributed by atoms with Crippen LogP contribution in [0, 0.1) is 0 Å². The van der Waals surface area contributed by atoms with Gasteiger partial charge in [-0.15, -0.1) is 11.8 Å². The molecule has 4 nitrogen and oxygen atoms in total. The molecule has 2 aromatic carbocycles. The second-order valence-electron chi connectivity index (χ2n) is 7.49. The highest BCUT2D eigenvalue weighted by Gasteiger charge is 2.27. The smallest absolute Gasteiger partial charge is 0.242 e. The number of hydrogen-bond acceptors (Lipinski definition) is 3. The van der Waals surface area contributed by atoms with Gasteiger partial charge >= 0.3 is 0 Å². The number of nitrogens with one attached hydrogen (secondary N) is 1. The van der Waals surface area contributed by atoms with E-state index in [2.05, 4.69) is 5.32 Å². The van der Waals surface area contributed by atoms with E-state index in [0.29, 0.717) is 25.8 Å². The summed E-state index contributed by atoms with van der Waals surface area (Å²) in [6.45, 7) is 5.85. The van der Waals surface area contributed by atoms with Gasteiger partial charge in [0, 0.05) is 28.4 Å². The summed E-state index contributed by atoms with van der Waals surface area (Å²) in [6, 6.07) is 9.87. The van der Waals surface area contributed by atoms with Crippen molar-refractivity contribution in [2.24, 2.45) is 0 Å². The normalized spacial score (nSPS) is 12.8. The molecule has 0 bridgehead atoms. The average Bonchev–Trinajstić information content (AvgIpc) is 2.75. The first-order valence-corrected chi connectivity index (χ1v) is 12.8. The molecule has 0 aliphatic rings. The van der Waals surface area contributed by atoms with Crippen LogP contribution >= 0.6 is 58.2 Å². The lowest BCUT2D eigenvalue weighted by Gasteiger charge is -2.30. The summed E-state index contributed by atoms with van der Waals surface area (Å²) in [5.74, 6) is 0.429. The maximum absolute atomic E-state index is 13.1. The van der Waals surface area contributed by atoms with Crippen LogP contribution in [0.4, 0.5) is 0 Å². The lowest BCUT2D eigenvalue weighted by atomic mass is 10.1. The molecule has 0 aliphatic heterocycles. The molecule has 0 saturated heterocycles. The van der Waals surface area contributed by atoms with E-state index in [0.717, 1.165) is 17.5 Å². The molecular weight excluding hydrogens is 510 g/mol. The first kappa shape index (κ1) is 27.1. The van der Waals surface area contributed by atoms with E-state index in [-0.39, 0.29) is 30.2 Å². The van der Waals surface area contributed by atoms with Crippen molar-refractivity contribution in [3.8, 4) is 0 Å². The van der Waals surface area contributed by atoms with Gasteiger partial charge in [0.05, 0.1) is 15.8 Å². The zero-order valence-electron chi connectivity index (χ0n) is 18.1. The predicted octanol–water partition coefficient (Wildman–Crippen LogP) is 6.87. The van der Waals surface area contributed by atoms with Gasteiger partial charge in [-0.2, -0.15) is 0 Å². The number of benzene rings is 2. The number of halogens is 4. The lowest BCUT2D eigenvalue weighted by molar-refractivity contribution is -0.138. The van der Waals surface area contributed by atoms with Crippen molar-refractivity contribution in [1.29, 1.82) is 0 Å². The van der Waals surface area contributed by atoms with Crippen molar-refractivity contribution < 1.29 is 9.59 Å². The van der Waals surface area contributed by atoms with Crippen molar-refractivity contribution in [2.75, 3.05) is 5.75 Å². The molecule has 2 aromatic rings. The molecular formula is C23H26Cl4N2O2S. The summed E-state index contributed by atoms with van der Waals surface area (Å²) < 4.78 is 0. The van der Waals surface area contributed by atoms with Crippen LogP contribution in [0.5, 0.6) is 0 Å². The van der Waals surface area contributed by atoms with Crippen LogP contribution in [-0.4, -0.2) is 34.6 Å². The average molecular weight is 536 g/mol. The fourth-order valence-corrected chi connectivity index (χ4v) is 4.50. The molecule has 2 atom stereocenters. The Labute approximate surface area is 213 Å². The maximum Gasteiger partial charge on any atom is 0.242 e. The van der Waals surface area contributed by atoms with E-state index in [1.807, 2.05) is 19.9 Å². The number of carbonyl (C=O) groups excluding carboxylic acids is 2. The monoisotopic (exact) mass is 534 g/mol. The number of amides is 2. The summed E-state index contributed by atoms with van der Waals surface area (Å²) in [5.41, 5.74) is 1.69. The van der Waals surface area contributed by atoms with Gasteiger partial charge < -0.3 is 10.2 Å². The van der Waals surface area contributed by atoms with E-state index in [1.54, 1.807) is 42.2 Å². The van der Waals surface area contributed by atoms with Gasteiger partial charge in [-0.05, 0) is 55.7 Å². The third kappa shape index (κ3) is 8.03. The van der Waals surface area contributed by atoms with Gasteiger partial charge in [0.2, 0.25) is 11.8 Å². The fraction of sp³-hybridized carbons (Fsp3) is 0.391. The van der Waals surface area contributed by atoms with Gasteiger partial charge in [-0.25, -0.2) is 0 Å². The zero-order chi connectivity index (χ0) is 23.8. The summed E-state index contributed by atoms with van der Waals surface area (Å²) in [4.78, 5) is 27.5. The van der Waals surface area contributed by atoms with Crippen molar-refractivity contribution in [3.05, 3.63) is 67.6 Å². The minimum atomic E-state index is -0.658. The van der Waals surface area contributed by atoms with Crippen molar-refractivity contribution >= 4 is 70.0 Å². The van der Waals surface area contributed by atoms with Crippen LogP contribution in [0.3, 0.4) is 0 Å². The molecule has 2 unspecified atom stereocenters. The zero-order valence-corrected chi connectivity index (χ0v) is 22.0. The van der Waals surface area contributed by atoms with Gasteiger partial charge in [0.25, 0.3) is 0 Å². The fourth-order valence-electron chi connectivity index (χ4n) is 2.85. The topological polar surface area (TPSA) is 49.4 Å². The molecule has 0 heterocycles. The molecule has 32 heavy (non-hydrogen) atoms. The molecule has 0 spiro atoms. The highest BCUT2D eigenvalue weighted by atomic mass is 35.5. The van der Waals surface area contributed by atoms with E-state index in [1.165, 1.54) is 11.8 Å². The molecule has 174 valence electrons. The highest BCUT2D eigenvalue weighted by molar-refractivity contribution is 7.99. The van der Waals surface area contributed by atoms with E-state index in [4.69, 9.17) is 46.4 Å². The second-order valence-corrected chi connectivity index (χ2v) is 10.1. The second kappa shape index (κ2) is 13.0. The minimum Gasteiger partial charge on any atom is -0.352 e. The number of hydrogen-bond donors (Lipinski definition) is 1. The van der Waals surface area contributed by atoms with Crippen LogP contribution < -0.4 is 5.32 Å². The molecule has 0 radical (unpaired) electrons. The SMILES string of the molecule is CCC(C)NC(=O)C(C)N(Cc1ccc(Cl)cc1Cl)C(=O)CSCc1ccc(Cl)c(Cl)c1. The van der Waals surface area contributed by atoms with Crippen LogP contribution in [0.1, 0.15) is 38.3 Å². The quantitative estimate of drug-likeness (QED) is 0.361. The maximum atomic E-state index is 13.1. The molecule has 9 heteroatoms. The van der Waals surface area contributed by atoms with Crippen molar-refractivity contribution in [2.45, 2.75) is 51.6 Å². The summed E-state index contributed by atoms with van der Waals surface area (Å²) >= 11 is 25.8. The van der Waals surface area contributed by atoms with Gasteiger partial charge in [0.1, 0.15) is 6.04 Å². The Morgan fingerprint density at radius 1 is 1.00 bits per heavy atom. The van der Waals surface area contributed by atoms with Crippen LogP contribution in [-0.2, 0) is 21.9 Å². The van der Waals surface area contributed by atoms with Crippen molar-refractivity contribution in [3.63, 3.8) is 0 Å². The Morgan fingerprint density at radius 3 is 2.34 bits per heavy atom. The highest BCUT2D eigenvalue weighted by Crippen LogP contribution is 2.26. The number of nitrogens with zero attached hydrogens (tertiary/aromatic N) is 1. The van der Waals surface area contributed by atoms with Gasteiger partial charge in [-0.3, -0.25) is 9.59 Å². The Kier molecular flexibility index (Phi) is 11.0. The summed E-state index contributed by atoms with van der Waals surface area (Å²) in [7, 11) is 0. The molecule has 0 aromatic heterocycles. The Bertz CT molecular complexity index is 958. The number of thioether (sulfide) groups is 1. The van der Waals surface area contributed by atoms with E-state index >= 15 is 0 Å². The van der Waals surface area contributed by atoms with Crippen LogP contribution in [0.15, 0.2) is 36.4 Å². The Morgan fingerprint density at radius 2 is 1.72 bits per heavy atom. The number of rotatable bonds is 10. The Hall–Kier alpha value is -1.11. The van der Waals surface area contributed by atoms with Crippen molar-refractivity contribution in [1.82, 2.24) is 10.2 Å². The summed E-state index contributed by atoms with van der Waals surface area (Å²) in [6.07, 6.45) is 0.801. The molecule has 2 rings (SSSR count). The van der Waals surface area contributed by atoms with Crippen LogP contribution in [0.2, 0.25) is 20.1 Å². The first-order valence-electron chi connectivity index (χ1n) is 10.2. The molecule has 0 saturated carbocycles. The van der Waals surface area contributed by atoms with Gasteiger partial charge in [0.15, 0.2) is 0 Å². The van der Waals surface area contributed by atoms with E-state index < -0.39 is 6.04 Å². The molecule has 2 amide bonds.